The van der Waals surface area contributed by atoms with E-state index in [0.29, 0.717) is 5.69 Å². The lowest BCUT2D eigenvalue weighted by Crippen LogP contribution is -2.45. The average Bonchev–Trinajstić information content (AvgIpc) is 2.60. The molecule has 9 heteroatoms. The highest BCUT2D eigenvalue weighted by atomic mass is 32.2. The molecule has 1 atom stereocenters. The van der Waals surface area contributed by atoms with Crippen LogP contribution in [-0.2, 0) is 19.6 Å². The lowest BCUT2D eigenvalue weighted by atomic mass is 10.2. The van der Waals surface area contributed by atoms with Gasteiger partial charge >= 0.3 is 5.97 Å². The fraction of sp³-hybridized carbons (Fsp3) is 0.222. The molecule has 2 aromatic carbocycles. The van der Waals surface area contributed by atoms with Crippen molar-refractivity contribution in [1.82, 2.24) is 0 Å². The van der Waals surface area contributed by atoms with Gasteiger partial charge in [0.15, 0.2) is 0 Å². The van der Waals surface area contributed by atoms with Gasteiger partial charge in [-0.1, -0.05) is 12.1 Å². The number of amides is 1. The first-order chi connectivity index (χ1) is 12.6. The highest BCUT2D eigenvalue weighted by Gasteiger charge is 2.29. The number of sulfonamides is 1. The van der Waals surface area contributed by atoms with Crippen molar-refractivity contribution in [2.45, 2.75) is 13.0 Å². The van der Waals surface area contributed by atoms with Gasteiger partial charge in [-0.05, 0) is 43.3 Å². The zero-order valence-corrected chi connectivity index (χ0v) is 15.8. The van der Waals surface area contributed by atoms with Crippen LogP contribution in [0.2, 0.25) is 0 Å². The van der Waals surface area contributed by atoms with Crippen LogP contribution in [0.25, 0.3) is 0 Å². The molecule has 0 saturated carbocycles. The summed E-state index contributed by atoms with van der Waals surface area (Å²) in [5.41, 5.74) is 0.555. The SMILES string of the molecule is COC(=O)c1cccc(NC(=O)[C@H](C)N(c2cccc(F)c2)S(C)(=O)=O)c1. The second-order valence-electron chi connectivity index (χ2n) is 5.78. The third-order valence-electron chi connectivity index (χ3n) is 3.70. The predicted octanol–water partition coefficient (Wildman–Crippen LogP) is 2.41. The molecule has 2 aromatic rings. The Bertz CT molecular complexity index is 962. The molecule has 27 heavy (non-hydrogen) atoms. The second kappa shape index (κ2) is 8.17. The monoisotopic (exact) mass is 394 g/mol. The summed E-state index contributed by atoms with van der Waals surface area (Å²) >= 11 is 0. The van der Waals surface area contributed by atoms with E-state index in [-0.39, 0.29) is 11.3 Å². The Kier molecular flexibility index (Phi) is 6.17. The van der Waals surface area contributed by atoms with E-state index in [9.17, 15) is 22.4 Å². The van der Waals surface area contributed by atoms with Crippen LogP contribution in [0.1, 0.15) is 17.3 Å². The van der Waals surface area contributed by atoms with Crippen molar-refractivity contribution in [3.05, 3.63) is 59.9 Å². The Morgan fingerprint density at radius 3 is 2.41 bits per heavy atom. The molecule has 0 aliphatic carbocycles. The summed E-state index contributed by atoms with van der Waals surface area (Å²) in [6.07, 6.45) is 0.930. The van der Waals surface area contributed by atoms with Gasteiger partial charge in [-0.2, -0.15) is 0 Å². The van der Waals surface area contributed by atoms with Crippen LogP contribution in [0.5, 0.6) is 0 Å². The van der Waals surface area contributed by atoms with Crippen LogP contribution >= 0.6 is 0 Å². The van der Waals surface area contributed by atoms with Crippen molar-refractivity contribution in [3.8, 4) is 0 Å². The molecule has 0 heterocycles. The molecule has 0 saturated heterocycles. The quantitative estimate of drug-likeness (QED) is 0.760. The Hall–Kier alpha value is -2.94. The Morgan fingerprint density at radius 2 is 1.81 bits per heavy atom. The van der Waals surface area contributed by atoms with E-state index in [1.54, 1.807) is 12.1 Å². The maximum absolute atomic E-state index is 13.5. The first kappa shape index (κ1) is 20.4. The summed E-state index contributed by atoms with van der Waals surface area (Å²) in [7, 11) is -2.63. The summed E-state index contributed by atoms with van der Waals surface area (Å²) in [6, 6.07) is 9.81. The molecular formula is C18H19FN2O5S. The maximum atomic E-state index is 13.5. The van der Waals surface area contributed by atoms with Gasteiger partial charge in [0.2, 0.25) is 15.9 Å². The number of hydrogen-bond acceptors (Lipinski definition) is 5. The standard InChI is InChI=1S/C18H19FN2O5S/c1-12(21(27(3,24)25)16-9-5-7-14(19)11-16)17(22)20-15-8-4-6-13(10-15)18(23)26-2/h4-12H,1-3H3,(H,20,22)/t12-/m0/s1. The second-order valence-corrected chi connectivity index (χ2v) is 7.64. The van der Waals surface area contributed by atoms with Gasteiger partial charge in [0.05, 0.1) is 24.6 Å². The molecule has 0 unspecified atom stereocenters. The molecule has 0 aliphatic heterocycles. The topological polar surface area (TPSA) is 92.8 Å². The van der Waals surface area contributed by atoms with Crippen LogP contribution in [0.4, 0.5) is 15.8 Å². The summed E-state index contributed by atoms with van der Waals surface area (Å²) in [5, 5.41) is 2.55. The van der Waals surface area contributed by atoms with Crippen molar-refractivity contribution in [2.75, 3.05) is 23.0 Å². The minimum Gasteiger partial charge on any atom is -0.465 e. The lowest BCUT2D eigenvalue weighted by Gasteiger charge is -2.28. The van der Waals surface area contributed by atoms with Crippen LogP contribution < -0.4 is 9.62 Å². The van der Waals surface area contributed by atoms with Gasteiger partial charge in [0, 0.05) is 5.69 Å². The van der Waals surface area contributed by atoms with Gasteiger partial charge in [-0.15, -0.1) is 0 Å². The minimum absolute atomic E-state index is 0.0310. The van der Waals surface area contributed by atoms with Gasteiger partial charge in [-0.25, -0.2) is 17.6 Å². The third-order valence-corrected chi connectivity index (χ3v) is 4.94. The molecule has 2 rings (SSSR count). The molecular weight excluding hydrogens is 375 g/mol. The zero-order valence-electron chi connectivity index (χ0n) is 15.0. The van der Waals surface area contributed by atoms with Crippen LogP contribution in [-0.4, -0.2) is 39.7 Å². The smallest absolute Gasteiger partial charge is 0.337 e. The summed E-state index contributed by atoms with van der Waals surface area (Å²) < 4.78 is 43.3. The summed E-state index contributed by atoms with van der Waals surface area (Å²) in [4.78, 5) is 24.2. The number of halogens is 1. The number of rotatable bonds is 6. The van der Waals surface area contributed by atoms with Gasteiger partial charge < -0.3 is 10.1 Å². The van der Waals surface area contributed by atoms with Gasteiger partial charge in [-0.3, -0.25) is 9.10 Å². The summed E-state index contributed by atoms with van der Waals surface area (Å²) in [6.45, 7) is 1.38. The number of hydrogen-bond donors (Lipinski definition) is 1. The Balaban J connectivity index is 2.29. The van der Waals surface area contributed by atoms with Crippen molar-refractivity contribution in [2.24, 2.45) is 0 Å². The minimum atomic E-state index is -3.87. The van der Waals surface area contributed by atoms with E-state index < -0.39 is 33.8 Å². The molecule has 0 bridgehead atoms. The Morgan fingerprint density at radius 1 is 1.15 bits per heavy atom. The molecule has 0 spiro atoms. The largest absolute Gasteiger partial charge is 0.465 e. The fourth-order valence-corrected chi connectivity index (χ4v) is 3.68. The molecule has 0 aromatic heterocycles. The number of carbonyl (C=O) groups excluding carboxylic acids is 2. The van der Waals surface area contributed by atoms with E-state index in [2.05, 4.69) is 10.1 Å². The number of esters is 1. The van der Waals surface area contributed by atoms with E-state index in [0.717, 1.165) is 16.6 Å². The highest BCUT2D eigenvalue weighted by Crippen LogP contribution is 2.22. The number of carbonyl (C=O) groups is 2. The lowest BCUT2D eigenvalue weighted by molar-refractivity contribution is -0.116. The molecule has 1 N–H and O–H groups in total. The maximum Gasteiger partial charge on any atom is 0.337 e. The van der Waals surface area contributed by atoms with Crippen molar-refractivity contribution in [3.63, 3.8) is 0 Å². The molecule has 144 valence electrons. The van der Waals surface area contributed by atoms with E-state index in [4.69, 9.17) is 0 Å². The third kappa shape index (κ3) is 5.04. The number of nitrogens with one attached hydrogen (secondary N) is 1. The number of nitrogens with zero attached hydrogens (tertiary/aromatic N) is 1. The fourth-order valence-electron chi connectivity index (χ4n) is 2.51. The number of anilines is 2. The zero-order chi connectivity index (χ0) is 20.2. The number of ether oxygens (including phenoxy) is 1. The van der Waals surface area contributed by atoms with Gasteiger partial charge in [0.1, 0.15) is 11.9 Å². The predicted molar refractivity (Wildman–Crippen MR) is 99.6 cm³/mol. The molecule has 0 fully saturated rings. The number of benzene rings is 2. The van der Waals surface area contributed by atoms with Gasteiger partial charge in [0.25, 0.3) is 0 Å². The normalized spacial score (nSPS) is 12.1. The average molecular weight is 394 g/mol. The van der Waals surface area contributed by atoms with Crippen molar-refractivity contribution >= 4 is 33.3 Å². The van der Waals surface area contributed by atoms with E-state index >= 15 is 0 Å². The van der Waals surface area contributed by atoms with E-state index in [1.165, 1.54) is 44.4 Å². The highest BCUT2D eigenvalue weighted by molar-refractivity contribution is 7.92. The van der Waals surface area contributed by atoms with Crippen LogP contribution in [0.15, 0.2) is 48.5 Å². The van der Waals surface area contributed by atoms with Crippen LogP contribution in [0.3, 0.4) is 0 Å². The molecule has 7 nitrogen and oxygen atoms in total. The van der Waals surface area contributed by atoms with Crippen molar-refractivity contribution < 1.29 is 27.1 Å². The first-order valence-electron chi connectivity index (χ1n) is 7.87. The first-order valence-corrected chi connectivity index (χ1v) is 9.72. The molecule has 0 radical (unpaired) electrons. The molecule has 0 aliphatic rings. The van der Waals surface area contributed by atoms with E-state index in [1.807, 2.05) is 0 Å². The number of methoxy groups -OCH3 is 1. The Labute approximate surface area is 156 Å². The van der Waals surface area contributed by atoms with Crippen LogP contribution in [0, 0.1) is 5.82 Å². The molecule has 1 amide bonds. The summed E-state index contributed by atoms with van der Waals surface area (Å²) in [5.74, 6) is -1.84. The van der Waals surface area contributed by atoms with Crippen molar-refractivity contribution in [1.29, 1.82) is 0 Å².